The normalized spacial score (nSPS) is 22.1. The van der Waals surface area contributed by atoms with Crippen LogP contribution in [0.15, 0.2) is 0 Å². The van der Waals surface area contributed by atoms with E-state index in [1.54, 1.807) is 13.8 Å². The van der Waals surface area contributed by atoms with Crippen molar-refractivity contribution in [2.24, 2.45) is 5.73 Å². The van der Waals surface area contributed by atoms with Gasteiger partial charge in [-0.05, 0) is 26.7 Å². The van der Waals surface area contributed by atoms with E-state index < -0.39 is 40.6 Å². The molecule has 2 amide bonds. The van der Waals surface area contributed by atoms with Gasteiger partial charge in [0, 0.05) is 6.54 Å². The third kappa shape index (κ3) is 7.22. The summed E-state index contributed by atoms with van der Waals surface area (Å²) < 4.78 is 40.1. The Morgan fingerprint density at radius 1 is 1.36 bits per heavy atom. The Kier molecular flexibility index (Phi) is 8.83. The maximum atomic E-state index is 11.9. The van der Waals surface area contributed by atoms with Crippen molar-refractivity contribution >= 4 is 22.4 Å². The van der Waals surface area contributed by atoms with Crippen molar-refractivity contribution in [2.45, 2.75) is 44.9 Å². The minimum atomic E-state index is -4.90. The van der Waals surface area contributed by atoms with Gasteiger partial charge in [-0.2, -0.15) is 9.76 Å². The van der Waals surface area contributed by atoms with Gasteiger partial charge in [-0.25, -0.2) is 13.2 Å². The molecule has 22 heavy (non-hydrogen) atoms. The molecule has 0 aromatic rings. The largest absolute Gasteiger partial charge is 1.00 e. The summed E-state index contributed by atoms with van der Waals surface area (Å²) in [4.78, 5) is 24.4. The second-order valence-corrected chi connectivity index (χ2v) is 5.87. The number of nitrogens with two attached hydrogens (primary N) is 1. The van der Waals surface area contributed by atoms with Gasteiger partial charge in [-0.1, -0.05) is 0 Å². The summed E-state index contributed by atoms with van der Waals surface area (Å²) in [5.74, 6) is -0.688. The van der Waals surface area contributed by atoms with E-state index in [4.69, 9.17) is 10.5 Å². The number of likely N-dealkylation sites (tertiary alicyclic amines) is 1. The van der Waals surface area contributed by atoms with Gasteiger partial charge in [-0.3, -0.25) is 9.69 Å². The van der Waals surface area contributed by atoms with E-state index in [-0.39, 0.29) is 42.5 Å². The van der Waals surface area contributed by atoms with Gasteiger partial charge < -0.3 is 15.0 Å². The van der Waals surface area contributed by atoms with Gasteiger partial charge in [0.25, 0.3) is 0 Å². The van der Waals surface area contributed by atoms with E-state index in [9.17, 15) is 22.6 Å². The predicted octanol–water partition coefficient (Wildman–Crippen LogP) is -4.16. The number of hydroxylamine groups is 1. The van der Waals surface area contributed by atoms with Crippen molar-refractivity contribution in [2.75, 3.05) is 6.54 Å². The van der Waals surface area contributed by atoms with E-state index in [0.29, 0.717) is 6.42 Å². The van der Waals surface area contributed by atoms with Crippen LogP contribution in [0.5, 0.6) is 0 Å². The molecular weight excluding hydrogens is 329 g/mol. The number of rotatable bonds is 5. The second kappa shape index (κ2) is 9.01. The predicted molar refractivity (Wildman–Crippen MR) is 68.2 cm³/mol. The number of amides is 2. The quantitative estimate of drug-likeness (QED) is 0.220. The van der Waals surface area contributed by atoms with Gasteiger partial charge in [0.2, 0.25) is 16.3 Å². The summed E-state index contributed by atoms with van der Waals surface area (Å²) in [6, 6.07) is -1.48. The first-order valence-corrected chi connectivity index (χ1v) is 7.60. The van der Waals surface area contributed by atoms with Crippen molar-refractivity contribution in [1.82, 2.24) is 10.4 Å². The van der Waals surface area contributed by atoms with Crippen molar-refractivity contribution in [3.05, 3.63) is 0 Å². The Hall–Kier alpha value is -0.430. The molecule has 0 aliphatic carbocycles. The van der Waals surface area contributed by atoms with Crippen LogP contribution in [-0.4, -0.2) is 54.6 Å². The first-order valence-electron chi connectivity index (χ1n) is 6.26. The van der Waals surface area contributed by atoms with Gasteiger partial charge in [0.1, 0.15) is 6.04 Å². The van der Waals surface area contributed by atoms with E-state index in [1.807, 2.05) is 0 Å². The molecule has 0 saturated carbocycles. The molecule has 0 bridgehead atoms. The minimum absolute atomic E-state index is 0. The fraction of sp³-hybridized carbons (Fsp3) is 0.800. The van der Waals surface area contributed by atoms with Crippen LogP contribution in [0.1, 0.15) is 26.7 Å². The first kappa shape index (κ1) is 21.6. The summed E-state index contributed by atoms with van der Waals surface area (Å²) in [6.45, 7) is 3.21. The summed E-state index contributed by atoms with van der Waals surface area (Å²) in [5, 5.41) is 0. The Labute approximate surface area is 150 Å². The maximum Gasteiger partial charge on any atom is 1.00 e. The molecule has 1 saturated heterocycles. The van der Waals surface area contributed by atoms with E-state index in [0.717, 1.165) is 4.90 Å². The average molecular weight is 347 g/mol. The number of hydrogen-bond donors (Lipinski definition) is 2. The summed E-state index contributed by atoms with van der Waals surface area (Å²) in [5.41, 5.74) is 7.29. The second-order valence-electron chi connectivity index (χ2n) is 4.89. The molecule has 1 fully saturated rings. The number of piperidine rings is 1. The van der Waals surface area contributed by atoms with Crippen molar-refractivity contribution in [3.8, 4) is 0 Å². The zero-order chi connectivity index (χ0) is 16.2. The number of nitrogens with one attached hydrogen (secondary N) is 1. The standard InChI is InChI=1S/C10H19N3O7S.Na/c1-6(2)19-10(15)13-5-7(12-20-21(16,17)18)3-4-8(13)9(11)14;/h6-8,12H,3-5H2,1-2H3,(H2,11,14)(H,16,17,18);/q;+1/p-1/t7-,8+;/m1./s1. The number of carbonyl (C=O) groups is 2. The Bertz CT molecular complexity index is 499. The smallest absolute Gasteiger partial charge is 0.724 e. The van der Waals surface area contributed by atoms with Gasteiger partial charge in [0.05, 0.1) is 12.1 Å². The summed E-state index contributed by atoms with van der Waals surface area (Å²) >= 11 is 0. The molecule has 1 aliphatic rings. The number of ether oxygens (including phenoxy) is 1. The Balaban J connectivity index is 0.00000441. The maximum absolute atomic E-state index is 11.9. The van der Waals surface area contributed by atoms with Crippen LogP contribution < -0.4 is 40.8 Å². The molecule has 1 heterocycles. The van der Waals surface area contributed by atoms with Crippen LogP contribution in [0.25, 0.3) is 0 Å². The Morgan fingerprint density at radius 2 is 1.95 bits per heavy atom. The van der Waals surface area contributed by atoms with Gasteiger partial charge in [0.15, 0.2) is 0 Å². The number of hydrogen-bond acceptors (Lipinski definition) is 8. The average Bonchev–Trinajstić information content (AvgIpc) is 2.34. The molecule has 2 atom stereocenters. The zero-order valence-corrected chi connectivity index (χ0v) is 15.5. The molecule has 0 spiro atoms. The fourth-order valence-electron chi connectivity index (χ4n) is 1.96. The van der Waals surface area contributed by atoms with E-state index in [2.05, 4.69) is 9.76 Å². The van der Waals surface area contributed by atoms with Crippen molar-refractivity contribution in [3.63, 3.8) is 0 Å². The van der Waals surface area contributed by atoms with Crippen molar-refractivity contribution < 1.29 is 61.1 Å². The molecule has 0 aromatic heterocycles. The molecule has 3 N–H and O–H groups in total. The molecule has 0 unspecified atom stereocenters. The van der Waals surface area contributed by atoms with Crippen molar-refractivity contribution in [1.29, 1.82) is 0 Å². The summed E-state index contributed by atoms with van der Waals surface area (Å²) in [7, 11) is -4.90. The number of primary amides is 1. The molecule has 10 nitrogen and oxygen atoms in total. The van der Waals surface area contributed by atoms with Crippen LogP contribution in [0, 0.1) is 0 Å². The van der Waals surface area contributed by atoms with Gasteiger partial charge >= 0.3 is 35.7 Å². The first-order chi connectivity index (χ1) is 9.60. The fourth-order valence-corrected chi connectivity index (χ4v) is 2.21. The van der Waals surface area contributed by atoms with Crippen LogP contribution in [0.2, 0.25) is 0 Å². The molecule has 1 rings (SSSR count). The van der Waals surface area contributed by atoms with Gasteiger partial charge in [-0.15, -0.1) is 0 Å². The third-order valence-corrected chi connectivity index (χ3v) is 3.10. The summed E-state index contributed by atoms with van der Waals surface area (Å²) in [6.07, 6.45) is -0.639. The number of nitrogens with zero attached hydrogens (tertiary/aromatic N) is 1. The topological polar surface area (TPSA) is 151 Å². The van der Waals surface area contributed by atoms with Crippen LogP contribution in [0.4, 0.5) is 4.79 Å². The molecule has 12 heteroatoms. The van der Waals surface area contributed by atoms with E-state index in [1.165, 1.54) is 0 Å². The molecule has 0 aromatic carbocycles. The third-order valence-electron chi connectivity index (χ3n) is 2.80. The number of carbonyl (C=O) groups excluding carboxylic acids is 2. The molecule has 122 valence electrons. The SMILES string of the molecule is CC(C)OC(=O)N1C[C@H](NOS(=O)(=O)[O-])CC[C@H]1C(N)=O.[Na+]. The van der Waals surface area contributed by atoms with Crippen LogP contribution >= 0.6 is 0 Å². The monoisotopic (exact) mass is 347 g/mol. The Morgan fingerprint density at radius 3 is 2.41 bits per heavy atom. The zero-order valence-electron chi connectivity index (χ0n) is 12.6. The minimum Gasteiger partial charge on any atom is -0.724 e. The van der Waals surface area contributed by atoms with Crippen LogP contribution in [0.3, 0.4) is 0 Å². The molecular formula is C10H18N3NaO7S. The van der Waals surface area contributed by atoms with Crippen LogP contribution in [-0.2, 0) is 24.2 Å². The molecule has 0 radical (unpaired) electrons. The van der Waals surface area contributed by atoms with E-state index >= 15 is 0 Å². The molecule has 1 aliphatic heterocycles.